The van der Waals surface area contributed by atoms with Gasteiger partial charge in [-0.25, -0.2) is 4.79 Å². The van der Waals surface area contributed by atoms with Gasteiger partial charge < -0.3 is 30.5 Å². The summed E-state index contributed by atoms with van der Waals surface area (Å²) in [5, 5.41) is 26.5. The molecule has 2 atom stereocenters. The van der Waals surface area contributed by atoms with Gasteiger partial charge >= 0.3 is 5.97 Å². The molecule has 0 saturated carbocycles. The van der Waals surface area contributed by atoms with Gasteiger partial charge in [0, 0.05) is 37.5 Å². The summed E-state index contributed by atoms with van der Waals surface area (Å²) in [4.78, 5) is 41.0. The number of anilines is 1. The van der Waals surface area contributed by atoms with Gasteiger partial charge in [0.25, 0.3) is 5.91 Å². The summed E-state index contributed by atoms with van der Waals surface area (Å²) in [6.07, 6.45) is 0.776. The van der Waals surface area contributed by atoms with E-state index in [1.165, 1.54) is 30.3 Å². The van der Waals surface area contributed by atoms with Crippen LogP contribution < -0.4 is 15.5 Å². The quantitative estimate of drug-likeness (QED) is 0.261. The minimum Gasteiger partial charge on any atom is -0.507 e. The number of aromatic hydroxyl groups is 2. The standard InChI is InChI=1S/C31H35N3O6/c1-18-14-22(15-19(2)28(18)36)30(38)33-25-17-32-13-5-6-27(25)40-31(39)21-9-7-20(8-10-21)29(37)24-16-23(34(3)4)11-12-26(24)35/h7-12,14-16,25,27,32,35-36H,5-6,13,17H2,1-4H3,(H,33,38)/t25-,27-/m1/s1. The van der Waals surface area contributed by atoms with Crippen molar-refractivity contribution in [3.63, 3.8) is 0 Å². The molecule has 0 unspecified atom stereocenters. The molecule has 3 aromatic rings. The van der Waals surface area contributed by atoms with Gasteiger partial charge in [0.1, 0.15) is 17.6 Å². The van der Waals surface area contributed by atoms with Gasteiger partial charge in [-0.15, -0.1) is 0 Å². The fourth-order valence-corrected chi connectivity index (χ4v) is 4.74. The highest BCUT2D eigenvalue weighted by atomic mass is 16.5. The van der Waals surface area contributed by atoms with Gasteiger partial charge in [0.05, 0.1) is 17.2 Å². The van der Waals surface area contributed by atoms with Crippen LogP contribution in [0.2, 0.25) is 0 Å². The van der Waals surface area contributed by atoms with Crippen molar-refractivity contribution in [3.8, 4) is 11.5 Å². The van der Waals surface area contributed by atoms with Gasteiger partial charge in [-0.1, -0.05) is 12.1 Å². The molecular formula is C31H35N3O6. The number of carbonyl (C=O) groups is 3. The Balaban J connectivity index is 1.46. The Morgan fingerprint density at radius 1 is 0.925 bits per heavy atom. The summed E-state index contributed by atoms with van der Waals surface area (Å²) >= 11 is 0. The van der Waals surface area contributed by atoms with E-state index >= 15 is 0 Å². The number of phenols is 2. The number of esters is 1. The van der Waals surface area contributed by atoms with Crippen molar-refractivity contribution < 1.29 is 29.3 Å². The lowest BCUT2D eigenvalue weighted by atomic mass is 10.0. The maximum Gasteiger partial charge on any atom is 0.338 e. The van der Waals surface area contributed by atoms with Crippen LogP contribution in [0.25, 0.3) is 0 Å². The Kier molecular flexibility index (Phi) is 8.74. The van der Waals surface area contributed by atoms with E-state index in [1.54, 1.807) is 38.1 Å². The second kappa shape index (κ2) is 12.2. The van der Waals surface area contributed by atoms with E-state index in [0.29, 0.717) is 35.2 Å². The molecule has 1 aliphatic rings. The molecule has 0 radical (unpaired) electrons. The summed E-state index contributed by atoms with van der Waals surface area (Å²) in [5.41, 5.74) is 3.18. The molecule has 9 heteroatoms. The van der Waals surface area contributed by atoms with Crippen molar-refractivity contribution in [2.45, 2.75) is 38.8 Å². The fraction of sp³-hybridized carbons (Fsp3) is 0.323. The first-order valence-corrected chi connectivity index (χ1v) is 13.2. The molecule has 210 valence electrons. The molecule has 1 saturated heterocycles. The third kappa shape index (κ3) is 6.43. The van der Waals surface area contributed by atoms with Crippen molar-refractivity contribution >= 4 is 23.3 Å². The summed E-state index contributed by atoms with van der Waals surface area (Å²) in [6.45, 7) is 4.64. The van der Waals surface area contributed by atoms with Crippen LogP contribution in [0.1, 0.15) is 60.6 Å². The first kappa shape index (κ1) is 28.6. The zero-order valence-electron chi connectivity index (χ0n) is 23.2. The maximum absolute atomic E-state index is 13.1. The molecule has 0 bridgehead atoms. The Bertz CT molecular complexity index is 1390. The molecule has 1 heterocycles. The molecule has 3 aromatic carbocycles. The predicted octanol–water partition coefficient (Wildman–Crippen LogP) is 3.72. The van der Waals surface area contributed by atoms with Crippen LogP contribution in [-0.4, -0.2) is 67.2 Å². The van der Waals surface area contributed by atoms with Crippen LogP contribution in [0.15, 0.2) is 54.6 Å². The number of benzene rings is 3. The van der Waals surface area contributed by atoms with Gasteiger partial charge in [0.2, 0.25) is 0 Å². The van der Waals surface area contributed by atoms with Crippen molar-refractivity contribution in [2.75, 3.05) is 32.1 Å². The number of nitrogens with zero attached hydrogens (tertiary/aromatic N) is 1. The Morgan fingerprint density at radius 3 is 2.23 bits per heavy atom. The molecule has 1 aliphatic heterocycles. The van der Waals surface area contributed by atoms with E-state index in [-0.39, 0.29) is 34.3 Å². The number of aryl methyl sites for hydroxylation is 2. The molecule has 1 amide bonds. The minimum absolute atomic E-state index is 0.119. The highest BCUT2D eigenvalue weighted by Gasteiger charge is 2.29. The first-order chi connectivity index (χ1) is 19.0. The van der Waals surface area contributed by atoms with E-state index in [9.17, 15) is 24.6 Å². The number of phenolic OH excluding ortho intramolecular Hbond substituents is 2. The van der Waals surface area contributed by atoms with Crippen molar-refractivity contribution in [1.82, 2.24) is 10.6 Å². The smallest absolute Gasteiger partial charge is 0.338 e. The summed E-state index contributed by atoms with van der Waals surface area (Å²) in [6, 6.07) is 13.7. The molecule has 9 nitrogen and oxygen atoms in total. The fourth-order valence-electron chi connectivity index (χ4n) is 4.74. The molecule has 40 heavy (non-hydrogen) atoms. The SMILES string of the molecule is Cc1cc(C(=O)N[C@@H]2CNCCC[C@H]2OC(=O)c2ccc(C(=O)c3cc(N(C)C)ccc3O)cc2)cc(C)c1O. The van der Waals surface area contributed by atoms with E-state index < -0.39 is 18.1 Å². The van der Waals surface area contributed by atoms with E-state index in [1.807, 2.05) is 19.0 Å². The Hall–Kier alpha value is -4.37. The van der Waals surface area contributed by atoms with Gasteiger partial charge in [0.15, 0.2) is 5.78 Å². The van der Waals surface area contributed by atoms with Crippen LogP contribution >= 0.6 is 0 Å². The first-order valence-electron chi connectivity index (χ1n) is 13.2. The third-order valence-electron chi connectivity index (χ3n) is 7.11. The largest absolute Gasteiger partial charge is 0.507 e. The maximum atomic E-state index is 13.1. The summed E-state index contributed by atoms with van der Waals surface area (Å²) in [7, 11) is 3.69. The van der Waals surface area contributed by atoms with Crippen LogP contribution in [0.5, 0.6) is 11.5 Å². The number of hydrogen-bond acceptors (Lipinski definition) is 8. The number of amides is 1. The molecule has 1 fully saturated rings. The zero-order chi connectivity index (χ0) is 29.0. The van der Waals surface area contributed by atoms with Crippen molar-refractivity contribution in [3.05, 3.63) is 88.0 Å². The van der Waals surface area contributed by atoms with Gasteiger partial charge in [-0.3, -0.25) is 9.59 Å². The summed E-state index contributed by atoms with van der Waals surface area (Å²) < 4.78 is 5.86. The average Bonchev–Trinajstić information content (AvgIpc) is 3.15. The van der Waals surface area contributed by atoms with Crippen LogP contribution in [0.4, 0.5) is 5.69 Å². The second-order valence-corrected chi connectivity index (χ2v) is 10.3. The van der Waals surface area contributed by atoms with Crippen LogP contribution in [-0.2, 0) is 4.74 Å². The second-order valence-electron chi connectivity index (χ2n) is 10.3. The molecular weight excluding hydrogens is 510 g/mol. The summed E-state index contributed by atoms with van der Waals surface area (Å²) in [5.74, 6) is -1.19. The monoisotopic (exact) mass is 545 g/mol. The van der Waals surface area contributed by atoms with E-state index in [0.717, 1.165) is 18.7 Å². The number of ether oxygens (including phenoxy) is 1. The lowest BCUT2D eigenvalue weighted by Gasteiger charge is -2.26. The number of hydrogen-bond donors (Lipinski definition) is 4. The van der Waals surface area contributed by atoms with Gasteiger partial charge in [-0.05, 0) is 86.8 Å². The Morgan fingerprint density at radius 2 is 1.57 bits per heavy atom. The lowest BCUT2D eigenvalue weighted by molar-refractivity contribution is 0.0192. The van der Waals surface area contributed by atoms with Crippen LogP contribution in [0.3, 0.4) is 0 Å². The lowest BCUT2D eigenvalue weighted by Crippen LogP contribution is -2.49. The topological polar surface area (TPSA) is 128 Å². The number of carbonyl (C=O) groups excluding carboxylic acids is 3. The Labute approximate surface area is 233 Å². The zero-order valence-corrected chi connectivity index (χ0v) is 23.2. The molecule has 0 aromatic heterocycles. The third-order valence-corrected chi connectivity index (χ3v) is 7.11. The highest BCUT2D eigenvalue weighted by Crippen LogP contribution is 2.26. The van der Waals surface area contributed by atoms with Crippen molar-refractivity contribution in [2.24, 2.45) is 0 Å². The number of nitrogens with one attached hydrogen (secondary N) is 2. The van der Waals surface area contributed by atoms with E-state index in [4.69, 9.17) is 4.74 Å². The van der Waals surface area contributed by atoms with Crippen molar-refractivity contribution in [1.29, 1.82) is 0 Å². The molecule has 4 rings (SSSR count). The number of ketones is 1. The number of rotatable bonds is 7. The molecule has 0 spiro atoms. The van der Waals surface area contributed by atoms with Gasteiger partial charge in [-0.2, -0.15) is 0 Å². The minimum atomic E-state index is -0.558. The molecule has 0 aliphatic carbocycles. The normalized spacial score (nSPS) is 17.0. The average molecular weight is 546 g/mol. The van der Waals surface area contributed by atoms with Crippen LogP contribution in [0, 0.1) is 13.8 Å². The van der Waals surface area contributed by atoms with E-state index in [2.05, 4.69) is 10.6 Å². The highest BCUT2D eigenvalue weighted by molar-refractivity contribution is 6.11. The predicted molar refractivity (Wildman–Crippen MR) is 152 cm³/mol. The molecule has 4 N–H and O–H groups in total.